The molecule has 0 radical (unpaired) electrons. The van der Waals surface area contributed by atoms with Gasteiger partial charge in [-0.3, -0.25) is 19.3 Å². The average Bonchev–Trinajstić information content (AvgIpc) is 2.42. The molecule has 6 heteroatoms. The second-order valence-electron chi connectivity index (χ2n) is 6.95. The number of rotatable bonds is 8. The molecule has 0 aliphatic rings. The molecular weight excluding hydrogens is 310 g/mol. The Morgan fingerprint density at radius 3 is 2.43 bits per heavy atom. The van der Waals surface area contributed by atoms with Crippen LogP contribution in [0.15, 0.2) is 9.79 Å². The zero-order chi connectivity index (χ0) is 17.6. The maximum atomic E-state index is 12.0. The molecule has 0 spiro atoms. The minimum Gasteiger partial charge on any atom is -0.494 e. The van der Waals surface area contributed by atoms with Crippen LogP contribution in [-0.2, 0) is 6.54 Å². The standard InChI is InChI=1S/C17H29N3O2S/c1-11(2)7-6-8-13(5)18-9-14-15(21)19-17(23)20(16(14)22)10-12(3)4/h9,11-13,22H,6-8,10H2,1-5H3,(H,19,21,23)/t13-/m1/s1. The number of aromatic amines is 1. The highest BCUT2D eigenvalue weighted by atomic mass is 32.1. The van der Waals surface area contributed by atoms with E-state index in [1.165, 1.54) is 12.6 Å². The second-order valence-corrected chi connectivity index (χ2v) is 7.34. The molecule has 1 heterocycles. The molecule has 23 heavy (non-hydrogen) atoms. The third-order valence-electron chi connectivity index (χ3n) is 3.62. The van der Waals surface area contributed by atoms with E-state index in [9.17, 15) is 9.90 Å². The molecule has 130 valence electrons. The molecule has 0 amide bonds. The molecular formula is C17H29N3O2S. The first-order chi connectivity index (χ1) is 10.7. The Hall–Kier alpha value is -1.43. The topological polar surface area (TPSA) is 70.4 Å². The van der Waals surface area contributed by atoms with Crippen LogP contribution in [0.4, 0.5) is 0 Å². The minimum absolute atomic E-state index is 0.106. The van der Waals surface area contributed by atoms with Crippen LogP contribution in [0.25, 0.3) is 0 Å². The van der Waals surface area contributed by atoms with Crippen LogP contribution in [0.5, 0.6) is 5.88 Å². The van der Waals surface area contributed by atoms with Crippen molar-refractivity contribution in [1.29, 1.82) is 0 Å². The molecule has 0 aromatic carbocycles. The summed E-state index contributed by atoms with van der Waals surface area (Å²) in [5.74, 6) is 0.886. The van der Waals surface area contributed by atoms with Gasteiger partial charge in [-0.1, -0.05) is 40.5 Å². The molecule has 2 N–H and O–H groups in total. The van der Waals surface area contributed by atoms with Gasteiger partial charge in [-0.2, -0.15) is 0 Å². The summed E-state index contributed by atoms with van der Waals surface area (Å²) in [6.45, 7) is 11.0. The first-order valence-corrected chi connectivity index (χ1v) is 8.72. The van der Waals surface area contributed by atoms with Crippen LogP contribution in [0.2, 0.25) is 0 Å². The summed E-state index contributed by atoms with van der Waals surface area (Å²) in [5, 5.41) is 10.3. The molecule has 1 aromatic heterocycles. The van der Waals surface area contributed by atoms with Crippen molar-refractivity contribution in [3.05, 3.63) is 20.7 Å². The van der Waals surface area contributed by atoms with E-state index in [1.54, 1.807) is 4.57 Å². The molecule has 1 rings (SSSR count). The minimum atomic E-state index is -0.398. The summed E-state index contributed by atoms with van der Waals surface area (Å²) in [4.78, 5) is 19.0. The molecule has 0 aliphatic carbocycles. The van der Waals surface area contributed by atoms with E-state index in [0.717, 1.165) is 12.8 Å². The second kappa shape index (κ2) is 9.01. The molecule has 0 saturated carbocycles. The summed E-state index contributed by atoms with van der Waals surface area (Å²) in [5.41, 5.74) is -0.222. The third-order valence-corrected chi connectivity index (χ3v) is 3.94. The van der Waals surface area contributed by atoms with E-state index < -0.39 is 5.56 Å². The number of H-pyrrole nitrogens is 1. The fourth-order valence-corrected chi connectivity index (χ4v) is 2.58. The summed E-state index contributed by atoms with van der Waals surface area (Å²) >= 11 is 5.13. The highest BCUT2D eigenvalue weighted by Gasteiger charge is 2.12. The van der Waals surface area contributed by atoms with Crippen molar-refractivity contribution in [3.8, 4) is 5.88 Å². The Kier molecular flexibility index (Phi) is 7.68. The Morgan fingerprint density at radius 1 is 1.22 bits per heavy atom. The number of hydrogen-bond donors (Lipinski definition) is 2. The van der Waals surface area contributed by atoms with Crippen molar-refractivity contribution in [2.24, 2.45) is 16.8 Å². The van der Waals surface area contributed by atoms with E-state index in [0.29, 0.717) is 18.4 Å². The van der Waals surface area contributed by atoms with Gasteiger partial charge in [0.05, 0.1) is 0 Å². The van der Waals surface area contributed by atoms with Gasteiger partial charge in [-0.25, -0.2) is 0 Å². The Morgan fingerprint density at radius 2 is 1.87 bits per heavy atom. The highest BCUT2D eigenvalue weighted by Crippen LogP contribution is 2.15. The lowest BCUT2D eigenvalue weighted by Gasteiger charge is -2.13. The number of hydrogen-bond acceptors (Lipinski definition) is 4. The van der Waals surface area contributed by atoms with Crippen molar-refractivity contribution >= 4 is 18.4 Å². The maximum absolute atomic E-state index is 12.0. The molecule has 0 fully saturated rings. The fourth-order valence-electron chi connectivity index (χ4n) is 2.32. The van der Waals surface area contributed by atoms with Crippen LogP contribution in [0, 0.1) is 16.6 Å². The maximum Gasteiger partial charge on any atom is 0.264 e. The first-order valence-electron chi connectivity index (χ1n) is 8.31. The van der Waals surface area contributed by atoms with Crippen LogP contribution in [0.3, 0.4) is 0 Å². The lowest BCUT2D eigenvalue weighted by Crippen LogP contribution is -2.20. The molecule has 0 bridgehead atoms. The Bertz CT molecular complexity index is 644. The van der Waals surface area contributed by atoms with Gasteiger partial charge in [0.15, 0.2) is 4.77 Å². The predicted molar refractivity (Wildman–Crippen MR) is 98.1 cm³/mol. The predicted octanol–water partition coefficient (Wildman–Crippen LogP) is 3.90. The fraction of sp³-hybridized carbons (Fsp3) is 0.706. The smallest absolute Gasteiger partial charge is 0.264 e. The van der Waals surface area contributed by atoms with Gasteiger partial charge in [0, 0.05) is 18.8 Å². The summed E-state index contributed by atoms with van der Waals surface area (Å²) < 4.78 is 1.79. The number of aromatic hydroxyl groups is 1. The first kappa shape index (κ1) is 19.6. The molecule has 0 saturated heterocycles. The Balaban J connectivity index is 2.93. The third kappa shape index (κ3) is 6.29. The molecule has 1 aromatic rings. The zero-order valence-electron chi connectivity index (χ0n) is 14.8. The van der Waals surface area contributed by atoms with Crippen molar-refractivity contribution < 1.29 is 5.11 Å². The van der Waals surface area contributed by atoms with Gasteiger partial charge < -0.3 is 5.11 Å². The molecule has 0 unspecified atom stereocenters. The normalized spacial score (nSPS) is 13.3. The van der Waals surface area contributed by atoms with Gasteiger partial charge in [0.2, 0.25) is 5.88 Å². The number of nitrogens with zero attached hydrogens (tertiary/aromatic N) is 2. The number of nitrogens with one attached hydrogen (secondary N) is 1. The quantitative estimate of drug-likeness (QED) is 0.557. The van der Waals surface area contributed by atoms with Crippen molar-refractivity contribution in [1.82, 2.24) is 9.55 Å². The number of aliphatic imine (C=N–C) groups is 1. The zero-order valence-corrected chi connectivity index (χ0v) is 15.6. The van der Waals surface area contributed by atoms with Gasteiger partial charge in [0.25, 0.3) is 5.56 Å². The van der Waals surface area contributed by atoms with E-state index in [4.69, 9.17) is 12.2 Å². The van der Waals surface area contributed by atoms with Gasteiger partial charge in [-0.05, 0) is 37.4 Å². The average molecular weight is 340 g/mol. The lowest BCUT2D eigenvalue weighted by atomic mass is 10.0. The van der Waals surface area contributed by atoms with Crippen molar-refractivity contribution in [2.75, 3.05) is 0 Å². The van der Waals surface area contributed by atoms with Gasteiger partial charge in [0.1, 0.15) is 5.56 Å². The molecule has 0 aliphatic heterocycles. The molecule has 1 atom stereocenters. The van der Waals surface area contributed by atoms with Crippen LogP contribution >= 0.6 is 12.2 Å². The molecule has 5 nitrogen and oxygen atoms in total. The monoisotopic (exact) mass is 339 g/mol. The summed E-state index contributed by atoms with van der Waals surface area (Å²) in [6, 6.07) is 0.120. The van der Waals surface area contributed by atoms with Crippen LogP contribution in [0.1, 0.15) is 59.4 Å². The van der Waals surface area contributed by atoms with Crippen molar-refractivity contribution in [3.63, 3.8) is 0 Å². The van der Waals surface area contributed by atoms with E-state index >= 15 is 0 Å². The van der Waals surface area contributed by atoms with E-state index in [2.05, 4.69) is 23.8 Å². The highest BCUT2D eigenvalue weighted by molar-refractivity contribution is 7.71. The van der Waals surface area contributed by atoms with Crippen LogP contribution in [-0.4, -0.2) is 26.9 Å². The van der Waals surface area contributed by atoms with Crippen LogP contribution < -0.4 is 5.56 Å². The van der Waals surface area contributed by atoms with Gasteiger partial charge in [-0.15, -0.1) is 0 Å². The van der Waals surface area contributed by atoms with Crippen molar-refractivity contribution in [2.45, 2.75) is 66.5 Å². The van der Waals surface area contributed by atoms with Gasteiger partial charge >= 0.3 is 0 Å². The summed E-state index contributed by atoms with van der Waals surface area (Å²) in [7, 11) is 0. The lowest BCUT2D eigenvalue weighted by molar-refractivity contribution is 0.380. The number of aromatic nitrogens is 2. The van der Waals surface area contributed by atoms with E-state index in [1.807, 2.05) is 20.8 Å². The summed E-state index contributed by atoms with van der Waals surface area (Å²) in [6.07, 6.45) is 4.72. The van der Waals surface area contributed by atoms with E-state index in [-0.39, 0.29) is 22.3 Å². The Labute approximate surface area is 143 Å². The largest absolute Gasteiger partial charge is 0.494 e. The SMILES string of the molecule is CC(C)CCC[C@@H](C)N=Cc1c(O)n(CC(C)C)c(=S)[nH]c1=O.